The van der Waals surface area contributed by atoms with Gasteiger partial charge in [-0.15, -0.1) is 12.6 Å². The maximum atomic E-state index is 4.39. The third kappa shape index (κ3) is 1.83. The lowest BCUT2D eigenvalue weighted by atomic mass is 10.2. The molecular weight excluding hydrogens is 168 g/mol. The summed E-state index contributed by atoms with van der Waals surface area (Å²) in [5.41, 5.74) is 2.20. The molecule has 68 valence electrons. The van der Waals surface area contributed by atoms with Crippen molar-refractivity contribution < 1.29 is 0 Å². The fourth-order valence-corrected chi connectivity index (χ4v) is 1.37. The van der Waals surface area contributed by atoms with Crippen molar-refractivity contribution in [1.29, 1.82) is 0 Å². The van der Waals surface area contributed by atoms with Crippen LogP contribution in [0.5, 0.6) is 0 Å². The average Bonchev–Trinajstić information content (AvgIpc) is 2.17. The molecule has 0 N–H and O–H groups in total. The van der Waals surface area contributed by atoms with Gasteiger partial charge in [0.2, 0.25) is 0 Å². The smallest absolute Gasteiger partial charge is 0.0729 e. The van der Waals surface area contributed by atoms with E-state index in [1.807, 2.05) is 11.6 Å². The van der Waals surface area contributed by atoms with E-state index < -0.39 is 0 Å². The number of thiol groups is 1. The van der Waals surface area contributed by atoms with E-state index in [-0.39, 0.29) is 0 Å². The fourth-order valence-electron chi connectivity index (χ4n) is 1.21. The first kappa shape index (κ1) is 9.65. The van der Waals surface area contributed by atoms with E-state index in [9.17, 15) is 0 Å². The number of nitrogens with zero attached hydrogens (tertiary/aromatic N) is 2. The molecule has 0 aliphatic rings. The van der Waals surface area contributed by atoms with Gasteiger partial charge in [-0.25, -0.2) is 0 Å². The van der Waals surface area contributed by atoms with Crippen molar-refractivity contribution in [3.05, 3.63) is 11.4 Å². The molecule has 3 heteroatoms. The van der Waals surface area contributed by atoms with Crippen LogP contribution < -0.4 is 0 Å². The van der Waals surface area contributed by atoms with Crippen molar-refractivity contribution in [1.82, 2.24) is 9.78 Å². The molecule has 1 heterocycles. The van der Waals surface area contributed by atoms with Crippen LogP contribution in [0, 0.1) is 19.8 Å². The highest BCUT2D eigenvalue weighted by Crippen LogP contribution is 2.17. The number of aryl methyl sites for hydroxylation is 1. The first-order chi connectivity index (χ1) is 5.52. The van der Waals surface area contributed by atoms with Gasteiger partial charge in [0.1, 0.15) is 0 Å². The van der Waals surface area contributed by atoms with Crippen LogP contribution >= 0.6 is 12.6 Å². The third-order valence-corrected chi connectivity index (χ3v) is 2.53. The van der Waals surface area contributed by atoms with Crippen molar-refractivity contribution in [3.8, 4) is 0 Å². The highest BCUT2D eigenvalue weighted by Gasteiger charge is 2.08. The Morgan fingerprint density at radius 1 is 1.42 bits per heavy atom. The van der Waals surface area contributed by atoms with Gasteiger partial charge in [0, 0.05) is 17.1 Å². The van der Waals surface area contributed by atoms with Gasteiger partial charge in [-0.3, -0.25) is 4.68 Å². The zero-order valence-electron chi connectivity index (χ0n) is 8.13. The van der Waals surface area contributed by atoms with Gasteiger partial charge < -0.3 is 0 Å². The second-order valence-corrected chi connectivity index (χ2v) is 4.04. The molecule has 0 fully saturated rings. The van der Waals surface area contributed by atoms with Crippen molar-refractivity contribution in [3.63, 3.8) is 0 Å². The van der Waals surface area contributed by atoms with Crippen LogP contribution in [0.2, 0.25) is 0 Å². The predicted molar refractivity (Wildman–Crippen MR) is 53.8 cm³/mol. The summed E-state index contributed by atoms with van der Waals surface area (Å²) in [5.74, 6) is 0.635. The topological polar surface area (TPSA) is 17.8 Å². The lowest BCUT2D eigenvalue weighted by Crippen LogP contribution is -2.07. The number of hydrogen-bond acceptors (Lipinski definition) is 2. The van der Waals surface area contributed by atoms with Crippen molar-refractivity contribution in [2.24, 2.45) is 5.92 Å². The molecule has 2 nitrogen and oxygen atoms in total. The molecular formula is C9H16N2S. The van der Waals surface area contributed by atoms with Gasteiger partial charge >= 0.3 is 0 Å². The average molecular weight is 184 g/mol. The van der Waals surface area contributed by atoms with E-state index in [4.69, 9.17) is 0 Å². The van der Waals surface area contributed by atoms with Crippen LogP contribution in [0.1, 0.15) is 25.2 Å². The summed E-state index contributed by atoms with van der Waals surface area (Å²) < 4.78 is 2.03. The van der Waals surface area contributed by atoms with Crippen molar-refractivity contribution in [2.75, 3.05) is 0 Å². The van der Waals surface area contributed by atoms with E-state index in [0.29, 0.717) is 5.92 Å². The van der Waals surface area contributed by atoms with Crippen LogP contribution in [0.25, 0.3) is 0 Å². The molecule has 0 bridgehead atoms. The van der Waals surface area contributed by atoms with Crippen molar-refractivity contribution in [2.45, 2.75) is 39.1 Å². The molecule has 0 amide bonds. The molecule has 0 atom stereocenters. The Kier molecular flexibility index (Phi) is 2.83. The maximum Gasteiger partial charge on any atom is 0.0729 e. The van der Waals surface area contributed by atoms with Gasteiger partial charge in [-0.05, 0) is 19.8 Å². The Morgan fingerprint density at radius 3 is 2.33 bits per heavy atom. The minimum absolute atomic E-state index is 0.635. The predicted octanol–water partition coefficient (Wildman–Crippen LogP) is 2.44. The molecule has 1 aromatic rings. The summed E-state index contributed by atoms with van der Waals surface area (Å²) in [6, 6.07) is 0. The minimum Gasteiger partial charge on any atom is -0.268 e. The molecule has 0 unspecified atom stereocenters. The van der Waals surface area contributed by atoms with E-state index in [0.717, 1.165) is 17.1 Å². The zero-order chi connectivity index (χ0) is 9.30. The monoisotopic (exact) mass is 184 g/mol. The highest BCUT2D eigenvalue weighted by atomic mass is 32.1. The number of aromatic nitrogens is 2. The van der Waals surface area contributed by atoms with Crippen molar-refractivity contribution >= 4 is 12.6 Å². The first-order valence-corrected chi connectivity index (χ1v) is 4.70. The Morgan fingerprint density at radius 2 is 2.00 bits per heavy atom. The van der Waals surface area contributed by atoms with E-state index >= 15 is 0 Å². The Bertz CT molecular complexity index is 276. The van der Waals surface area contributed by atoms with E-state index in [2.05, 4.69) is 38.5 Å². The minimum atomic E-state index is 0.635. The molecule has 0 saturated heterocycles. The molecule has 0 saturated carbocycles. The van der Waals surface area contributed by atoms with Crippen LogP contribution in [0.4, 0.5) is 0 Å². The normalized spacial score (nSPS) is 11.2. The molecule has 1 aromatic heterocycles. The Hall–Kier alpha value is -0.440. The van der Waals surface area contributed by atoms with Crippen LogP contribution in [-0.2, 0) is 6.54 Å². The molecule has 12 heavy (non-hydrogen) atoms. The van der Waals surface area contributed by atoms with Crippen LogP contribution in [-0.4, -0.2) is 9.78 Å². The third-order valence-electron chi connectivity index (χ3n) is 1.88. The molecule has 0 aliphatic heterocycles. The molecule has 0 spiro atoms. The second kappa shape index (κ2) is 3.52. The Labute approximate surface area is 79.4 Å². The van der Waals surface area contributed by atoms with Gasteiger partial charge in [0.25, 0.3) is 0 Å². The largest absolute Gasteiger partial charge is 0.268 e. The molecule has 0 radical (unpaired) electrons. The molecule has 1 rings (SSSR count). The first-order valence-electron chi connectivity index (χ1n) is 4.25. The second-order valence-electron chi connectivity index (χ2n) is 3.60. The molecule has 0 aromatic carbocycles. The SMILES string of the molecule is Cc1nn(CC(C)C)c(C)c1S. The maximum absolute atomic E-state index is 4.39. The lowest BCUT2D eigenvalue weighted by Gasteiger charge is -2.06. The summed E-state index contributed by atoms with van der Waals surface area (Å²) in [4.78, 5) is 1.02. The zero-order valence-corrected chi connectivity index (χ0v) is 9.02. The van der Waals surface area contributed by atoms with Gasteiger partial charge in [0.15, 0.2) is 0 Å². The lowest BCUT2D eigenvalue weighted by molar-refractivity contribution is 0.472. The fraction of sp³-hybridized carbons (Fsp3) is 0.667. The summed E-state index contributed by atoms with van der Waals surface area (Å²) in [6.45, 7) is 9.41. The van der Waals surface area contributed by atoms with Gasteiger partial charge in [0.05, 0.1) is 5.69 Å². The number of rotatable bonds is 2. The number of hydrogen-bond donors (Lipinski definition) is 1. The Balaban J connectivity index is 2.93. The van der Waals surface area contributed by atoms with E-state index in [1.165, 1.54) is 5.69 Å². The summed E-state index contributed by atoms with van der Waals surface area (Å²) >= 11 is 4.37. The highest BCUT2D eigenvalue weighted by molar-refractivity contribution is 7.80. The summed E-state index contributed by atoms with van der Waals surface area (Å²) in [6.07, 6.45) is 0. The van der Waals surface area contributed by atoms with Crippen LogP contribution in [0.3, 0.4) is 0 Å². The van der Waals surface area contributed by atoms with Gasteiger partial charge in [-0.1, -0.05) is 13.8 Å². The summed E-state index contributed by atoms with van der Waals surface area (Å²) in [5, 5.41) is 4.39. The summed E-state index contributed by atoms with van der Waals surface area (Å²) in [7, 11) is 0. The van der Waals surface area contributed by atoms with E-state index in [1.54, 1.807) is 0 Å². The van der Waals surface area contributed by atoms with Gasteiger partial charge in [-0.2, -0.15) is 5.10 Å². The molecule has 0 aliphatic carbocycles. The quantitative estimate of drug-likeness (QED) is 0.699. The van der Waals surface area contributed by atoms with Crippen LogP contribution in [0.15, 0.2) is 4.90 Å². The standard InChI is InChI=1S/C9H16N2S/c1-6(2)5-11-8(4)9(12)7(3)10-11/h6,12H,5H2,1-4H3.